The maximum absolute atomic E-state index is 11.4. The predicted octanol–water partition coefficient (Wildman–Crippen LogP) is 3.90. The van der Waals surface area contributed by atoms with E-state index in [1.807, 2.05) is 0 Å². The Labute approximate surface area is 111 Å². The van der Waals surface area contributed by atoms with E-state index in [4.69, 9.17) is 0 Å². The summed E-state index contributed by atoms with van der Waals surface area (Å²) in [6.45, 7) is 3.78. The SMILES string of the molecule is CCCCCCCCCC(CC(=O)OC)C(C)=O. The second-order valence-corrected chi connectivity index (χ2v) is 5.00. The molecule has 0 aromatic heterocycles. The van der Waals surface area contributed by atoms with E-state index in [9.17, 15) is 9.59 Å². The van der Waals surface area contributed by atoms with Gasteiger partial charge < -0.3 is 4.74 Å². The highest BCUT2D eigenvalue weighted by Crippen LogP contribution is 2.17. The highest BCUT2D eigenvalue weighted by Gasteiger charge is 2.18. The highest BCUT2D eigenvalue weighted by atomic mass is 16.5. The zero-order chi connectivity index (χ0) is 13.8. The molecule has 18 heavy (non-hydrogen) atoms. The number of unbranched alkanes of at least 4 members (excludes halogenated alkanes) is 6. The molecule has 0 aliphatic rings. The lowest BCUT2D eigenvalue weighted by Crippen LogP contribution is -2.16. The Kier molecular flexibility index (Phi) is 10.7. The van der Waals surface area contributed by atoms with Gasteiger partial charge in [0, 0.05) is 5.92 Å². The first-order valence-corrected chi connectivity index (χ1v) is 7.19. The van der Waals surface area contributed by atoms with Crippen molar-refractivity contribution in [2.45, 2.75) is 71.6 Å². The topological polar surface area (TPSA) is 43.4 Å². The monoisotopic (exact) mass is 256 g/mol. The number of Topliss-reactive ketones (excluding diaryl/α,β-unsaturated/α-hetero) is 1. The van der Waals surface area contributed by atoms with Gasteiger partial charge in [0.2, 0.25) is 0 Å². The number of hydrogen-bond donors (Lipinski definition) is 0. The Bertz CT molecular complexity index is 236. The molecule has 0 aliphatic carbocycles. The molecule has 0 saturated heterocycles. The molecule has 0 amide bonds. The molecule has 0 fully saturated rings. The standard InChI is InChI=1S/C15H28O3/c1-4-5-6-7-8-9-10-11-14(13(2)16)12-15(17)18-3/h14H,4-12H2,1-3H3. The minimum Gasteiger partial charge on any atom is -0.469 e. The molecule has 106 valence electrons. The molecule has 0 aromatic carbocycles. The molecule has 0 saturated carbocycles. The van der Waals surface area contributed by atoms with Gasteiger partial charge in [-0.15, -0.1) is 0 Å². The summed E-state index contributed by atoms with van der Waals surface area (Å²) in [5.41, 5.74) is 0. The zero-order valence-electron chi connectivity index (χ0n) is 12.2. The van der Waals surface area contributed by atoms with E-state index in [-0.39, 0.29) is 24.1 Å². The largest absolute Gasteiger partial charge is 0.469 e. The van der Waals surface area contributed by atoms with Crippen molar-refractivity contribution in [2.75, 3.05) is 7.11 Å². The van der Waals surface area contributed by atoms with Gasteiger partial charge >= 0.3 is 5.97 Å². The van der Waals surface area contributed by atoms with E-state index in [1.54, 1.807) is 6.92 Å². The maximum Gasteiger partial charge on any atom is 0.306 e. The fraction of sp³-hybridized carbons (Fsp3) is 0.867. The predicted molar refractivity (Wildman–Crippen MR) is 73.4 cm³/mol. The molecule has 0 N–H and O–H groups in total. The summed E-state index contributed by atoms with van der Waals surface area (Å²) in [5, 5.41) is 0. The molecule has 0 rings (SSSR count). The summed E-state index contributed by atoms with van der Waals surface area (Å²) in [6.07, 6.45) is 9.68. The van der Waals surface area contributed by atoms with E-state index in [2.05, 4.69) is 11.7 Å². The van der Waals surface area contributed by atoms with Crippen molar-refractivity contribution in [3.05, 3.63) is 0 Å². The van der Waals surface area contributed by atoms with Crippen LogP contribution >= 0.6 is 0 Å². The van der Waals surface area contributed by atoms with Crippen LogP contribution in [0.5, 0.6) is 0 Å². The van der Waals surface area contributed by atoms with Crippen molar-refractivity contribution in [3.8, 4) is 0 Å². The van der Waals surface area contributed by atoms with Gasteiger partial charge in [0.05, 0.1) is 13.5 Å². The summed E-state index contributed by atoms with van der Waals surface area (Å²) >= 11 is 0. The lowest BCUT2D eigenvalue weighted by molar-refractivity contribution is -0.143. The van der Waals surface area contributed by atoms with Crippen LogP contribution in [0.4, 0.5) is 0 Å². The van der Waals surface area contributed by atoms with Gasteiger partial charge in [-0.3, -0.25) is 9.59 Å². The summed E-state index contributed by atoms with van der Waals surface area (Å²) in [4.78, 5) is 22.6. The second-order valence-electron chi connectivity index (χ2n) is 5.00. The normalized spacial score (nSPS) is 12.2. The van der Waals surface area contributed by atoms with E-state index in [1.165, 1.54) is 39.2 Å². The second kappa shape index (κ2) is 11.2. The number of methoxy groups -OCH3 is 1. The van der Waals surface area contributed by atoms with Crippen LogP contribution in [0.1, 0.15) is 71.6 Å². The maximum atomic E-state index is 11.4. The first-order chi connectivity index (χ1) is 8.61. The summed E-state index contributed by atoms with van der Waals surface area (Å²) in [6, 6.07) is 0. The summed E-state index contributed by atoms with van der Waals surface area (Å²) in [7, 11) is 1.37. The first kappa shape index (κ1) is 17.1. The Morgan fingerprint density at radius 3 is 2.06 bits per heavy atom. The lowest BCUT2D eigenvalue weighted by atomic mass is 9.94. The Hall–Kier alpha value is -0.860. The van der Waals surface area contributed by atoms with Gasteiger partial charge in [-0.05, 0) is 13.3 Å². The van der Waals surface area contributed by atoms with Crippen LogP contribution in [-0.4, -0.2) is 18.9 Å². The van der Waals surface area contributed by atoms with Crippen LogP contribution in [-0.2, 0) is 14.3 Å². The summed E-state index contributed by atoms with van der Waals surface area (Å²) < 4.78 is 4.61. The molecule has 0 heterocycles. The number of hydrogen-bond acceptors (Lipinski definition) is 3. The van der Waals surface area contributed by atoms with E-state index >= 15 is 0 Å². The quantitative estimate of drug-likeness (QED) is 0.416. The Morgan fingerprint density at radius 2 is 1.56 bits per heavy atom. The van der Waals surface area contributed by atoms with Crippen molar-refractivity contribution >= 4 is 11.8 Å². The Balaban J connectivity index is 3.65. The number of rotatable bonds is 11. The number of carbonyl (C=O) groups excluding carboxylic acids is 2. The van der Waals surface area contributed by atoms with Crippen LogP contribution in [0, 0.1) is 5.92 Å². The molecule has 1 atom stereocenters. The molecule has 3 heteroatoms. The lowest BCUT2D eigenvalue weighted by Gasteiger charge is -2.12. The zero-order valence-corrected chi connectivity index (χ0v) is 12.2. The smallest absolute Gasteiger partial charge is 0.306 e. The first-order valence-electron chi connectivity index (χ1n) is 7.19. The van der Waals surface area contributed by atoms with Gasteiger partial charge in [-0.2, -0.15) is 0 Å². The molecule has 3 nitrogen and oxygen atoms in total. The van der Waals surface area contributed by atoms with Crippen LogP contribution < -0.4 is 0 Å². The van der Waals surface area contributed by atoms with Gasteiger partial charge in [-0.25, -0.2) is 0 Å². The molecular formula is C15H28O3. The molecule has 0 radical (unpaired) electrons. The average Bonchev–Trinajstić information content (AvgIpc) is 2.35. The van der Waals surface area contributed by atoms with E-state index in [0.29, 0.717) is 0 Å². The molecule has 1 unspecified atom stereocenters. The minimum absolute atomic E-state index is 0.103. The van der Waals surface area contributed by atoms with Crippen LogP contribution in [0.2, 0.25) is 0 Å². The van der Waals surface area contributed by atoms with Gasteiger partial charge in [-0.1, -0.05) is 51.9 Å². The third-order valence-corrected chi connectivity index (χ3v) is 3.37. The third kappa shape index (κ3) is 9.20. The van der Waals surface area contributed by atoms with Crippen molar-refractivity contribution in [1.29, 1.82) is 0 Å². The van der Waals surface area contributed by atoms with Crippen LogP contribution in [0.3, 0.4) is 0 Å². The van der Waals surface area contributed by atoms with Crippen molar-refractivity contribution < 1.29 is 14.3 Å². The highest BCUT2D eigenvalue weighted by molar-refractivity contribution is 5.83. The van der Waals surface area contributed by atoms with Crippen LogP contribution in [0.15, 0.2) is 0 Å². The summed E-state index contributed by atoms with van der Waals surface area (Å²) in [5.74, 6) is -0.322. The molecule has 0 aliphatic heterocycles. The van der Waals surface area contributed by atoms with E-state index in [0.717, 1.165) is 19.3 Å². The van der Waals surface area contributed by atoms with Crippen molar-refractivity contribution in [3.63, 3.8) is 0 Å². The van der Waals surface area contributed by atoms with Gasteiger partial charge in [0.25, 0.3) is 0 Å². The Morgan fingerprint density at radius 1 is 1.00 bits per heavy atom. The van der Waals surface area contributed by atoms with Crippen LogP contribution in [0.25, 0.3) is 0 Å². The number of ether oxygens (including phenoxy) is 1. The fourth-order valence-corrected chi connectivity index (χ4v) is 2.08. The minimum atomic E-state index is -0.279. The molecular weight excluding hydrogens is 228 g/mol. The molecule has 0 spiro atoms. The van der Waals surface area contributed by atoms with Gasteiger partial charge in [0.15, 0.2) is 0 Å². The van der Waals surface area contributed by atoms with E-state index < -0.39 is 0 Å². The third-order valence-electron chi connectivity index (χ3n) is 3.37. The number of carbonyl (C=O) groups is 2. The average molecular weight is 256 g/mol. The van der Waals surface area contributed by atoms with Gasteiger partial charge in [0.1, 0.15) is 5.78 Å². The number of esters is 1. The van der Waals surface area contributed by atoms with Crippen molar-refractivity contribution in [2.24, 2.45) is 5.92 Å². The number of ketones is 1. The fourth-order valence-electron chi connectivity index (χ4n) is 2.08. The van der Waals surface area contributed by atoms with Crippen molar-refractivity contribution in [1.82, 2.24) is 0 Å². The molecule has 0 bridgehead atoms. The molecule has 0 aromatic rings.